The topological polar surface area (TPSA) is 46.5 Å². The molecule has 0 unspecified atom stereocenters. The molecule has 21 heavy (non-hydrogen) atoms. The Hall–Kier alpha value is -1.49. The fraction of sp³-hybridized carbons (Fsp3) is 0. The molecule has 0 heterocycles. The van der Waals surface area contributed by atoms with E-state index in [1.807, 2.05) is 0 Å². The molecule has 2 aromatic carbocycles. The van der Waals surface area contributed by atoms with E-state index in [0.717, 1.165) is 11.6 Å². The number of aliphatic carboxylic acids is 1. The summed E-state index contributed by atoms with van der Waals surface area (Å²) >= 11 is 15.2. The van der Waals surface area contributed by atoms with Crippen LogP contribution in [0.2, 0.25) is 10.0 Å². The Morgan fingerprint density at radius 2 is 1.86 bits per heavy atom. The molecular formula is C15H9BrCl2O3. The first-order chi connectivity index (χ1) is 9.95. The van der Waals surface area contributed by atoms with Crippen LogP contribution in [0.4, 0.5) is 0 Å². The monoisotopic (exact) mass is 386 g/mol. The quantitative estimate of drug-likeness (QED) is 0.690. The Bertz CT molecular complexity index is 714. The van der Waals surface area contributed by atoms with Crippen LogP contribution < -0.4 is 4.74 Å². The van der Waals surface area contributed by atoms with Crippen molar-refractivity contribution in [2.24, 2.45) is 0 Å². The number of benzene rings is 2. The molecule has 0 bridgehead atoms. The van der Waals surface area contributed by atoms with Gasteiger partial charge in [0.25, 0.3) is 0 Å². The third kappa shape index (κ3) is 4.49. The predicted octanol–water partition coefficient (Wildman–Crippen LogP) is 5.65. The van der Waals surface area contributed by atoms with Crippen LogP contribution in [-0.4, -0.2) is 11.1 Å². The highest BCUT2D eigenvalue weighted by Gasteiger charge is 2.07. The highest BCUT2D eigenvalue weighted by atomic mass is 79.9. The third-order valence-electron chi connectivity index (χ3n) is 2.49. The van der Waals surface area contributed by atoms with E-state index >= 15 is 0 Å². The Labute approximate surface area is 139 Å². The normalized spacial score (nSPS) is 10.8. The number of rotatable bonds is 4. The van der Waals surface area contributed by atoms with Gasteiger partial charge in [-0.05, 0) is 57.9 Å². The first-order valence-corrected chi connectivity index (χ1v) is 7.34. The fourth-order valence-electron chi connectivity index (χ4n) is 1.55. The van der Waals surface area contributed by atoms with Crippen molar-refractivity contribution in [3.63, 3.8) is 0 Å². The van der Waals surface area contributed by atoms with Crippen LogP contribution in [0, 0.1) is 0 Å². The second kappa shape index (κ2) is 6.98. The molecule has 0 saturated heterocycles. The number of hydrogen-bond donors (Lipinski definition) is 1. The van der Waals surface area contributed by atoms with E-state index in [1.165, 1.54) is 6.08 Å². The Morgan fingerprint density at radius 1 is 1.14 bits per heavy atom. The van der Waals surface area contributed by atoms with E-state index in [4.69, 9.17) is 33.0 Å². The molecule has 0 radical (unpaired) electrons. The number of halogens is 3. The summed E-state index contributed by atoms with van der Waals surface area (Å²) in [5.41, 5.74) is 0.735. The third-order valence-corrected chi connectivity index (χ3v) is 3.64. The largest absolute Gasteiger partial charge is 0.478 e. The fourth-order valence-corrected chi connectivity index (χ4v) is 2.47. The molecule has 1 N–H and O–H groups in total. The summed E-state index contributed by atoms with van der Waals surface area (Å²) in [6.07, 6.45) is 2.56. The molecule has 0 atom stereocenters. The Morgan fingerprint density at radius 3 is 2.48 bits per heavy atom. The van der Waals surface area contributed by atoms with Crippen molar-refractivity contribution in [2.45, 2.75) is 0 Å². The highest BCUT2D eigenvalue weighted by molar-refractivity contribution is 9.10. The Kier molecular flexibility index (Phi) is 5.28. The van der Waals surface area contributed by atoms with Crippen molar-refractivity contribution in [3.05, 3.63) is 62.6 Å². The highest BCUT2D eigenvalue weighted by Crippen LogP contribution is 2.35. The van der Waals surface area contributed by atoms with Crippen LogP contribution in [0.25, 0.3) is 6.08 Å². The predicted molar refractivity (Wildman–Crippen MR) is 87.3 cm³/mol. The maximum Gasteiger partial charge on any atom is 0.328 e. The molecule has 0 aliphatic rings. The van der Waals surface area contributed by atoms with Crippen LogP contribution in [0.3, 0.4) is 0 Å². The summed E-state index contributed by atoms with van der Waals surface area (Å²) < 4.78 is 6.38. The van der Waals surface area contributed by atoms with Crippen LogP contribution in [-0.2, 0) is 4.79 Å². The van der Waals surface area contributed by atoms with Gasteiger partial charge in [-0.15, -0.1) is 0 Å². The van der Waals surface area contributed by atoms with Crippen LogP contribution in [0.5, 0.6) is 11.5 Å². The van der Waals surface area contributed by atoms with Crippen molar-refractivity contribution in [1.82, 2.24) is 0 Å². The van der Waals surface area contributed by atoms with E-state index in [-0.39, 0.29) is 0 Å². The van der Waals surface area contributed by atoms with Gasteiger partial charge in [-0.3, -0.25) is 0 Å². The van der Waals surface area contributed by atoms with Crippen molar-refractivity contribution in [3.8, 4) is 11.5 Å². The van der Waals surface area contributed by atoms with Crippen molar-refractivity contribution < 1.29 is 14.6 Å². The summed E-state index contributed by atoms with van der Waals surface area (Å²) in [5.74, 6) is 0.0432. The van der Waals surface area contributed by atoms with E-state index < -0.39 is 5.97 Å². The van der Waals surface area contributed by atoms with Gasteiger partial charge in [0.15, 0.2) is 0 Å². The smallest absolute Gasteiger partial charge is 0.328 e. The van der Waals surface area contributed by atoms with Crippen molar-refractivity contribution in [2.75, 3.05) is 0 Å². The van der Waals surface area contributed by atoms with Gasteiger partial charge in [0.05, 0.1) is 9.50 Å². The zero-order chi connectivity index (χ0) is 15.4. The average Bonchev–Trinajstić information content (AvgIpc) is 2.42. The second-order valence-corrected chi connectivity index (χ2v) is 5.74. The molecule has 0 aromatic heterocycles. The number of carboxylic acid groups (broad SMARTS) is 1. The minimum atomic E-state index is -1.00. The van der Waals surface area contributed by atoms with Gasteiger partial charge in [-0.2, -0.15) is 0 Å². The molecule has 0 spiro atoms. The number of hydrogen-bond acceptors (Lipinski definition) is 2. The first-order valence-electron chi connectivity index (χ1n) is 5.79. The lowest BCUT2D eigenvalue weighted by atomic mass is 10.2. The van der Waals surface area contributed by atoms with Crippen molar-refractivity contribution in [1.29, 1.82) is 0 Å². The molecule has 6 heteroatoms. The van der Waals surface area contributed by atoms with Crippen molar-refractivity contribution >= 4 is 51.2 Å². The summed E-state index contributed by atoms with van der Waals surface area (Å²) in [6, 6.07) is 10.2. The SMILES string of the molecule is O=C(O)/C=C/c1ccc(Oc2ccc(Cl)cc2Cl)c(Br)c1. The molecule has 2 aromatic rings. The van der Waals surface area contributed by atoms with E-state index in [1.54, 1.807) is 36.4 Å². The maximum absolute atomic E-state index is 10.5. The molecular weight excluding hydrogens is 379 g/mol. The standard InChI is InChI=1S/C15H9BrCl2O3/c16-11-7-9(2-6-15(19)20)1-4-13(11)21-14-5-3-10(17)8-12(14)18/h1-8H,(H,19,20)/b6-2+. The van der Waals surface area contributed by atoms with Gasteiger partial charge in [0.1, 0.15) is 11.5 Å². The second-order valence-electron chi connectivity index (χ2n) is 4.04. The lowest BCUT2D eigenvalue weighted by Crippen LogP contribution is -1.88. The van der Waals surface area contributed by atoms with Crippen LogP contribution in [0.1, 0.15) is 5.56 Å². The summed E-state index contributed by atoms with van der Waals surface area (Å²) in [6.45, 7) is 0. The summed E-state index contributed by atoms with van der Waals surface area (Å²) in [4.78, 5) is 10.5. The molecule has 0 aliphatic carbocycles. The maximum atomic E-state index is 10.5. The summed E-state index contributed by atoms with van der Waals surface area (Å²) in [5, 5.41) is 9.53. The first kappa shape index (κ1) is 15.9. The van der Waals surface area contributed by atoms with Gasteiger partial charge >= 0.3 is 5.97 Å². The average molecular weight is 388 g/mol. The Balaban J connectivity index is 2.23. The minimum Gasteiger partial charge on any atom is -0.478 e. The van der Waals surface area contributed by atoms with Gasteiger partial charge in [-0.1, -0.05) is 29.3 Å². The van der Waals surface area contributed by atoms with Gasteiger partial charge in [0.2, 0.25) is 0 Å². The van der Waals surface area contributed by atoms with Crippen LogP contribution in [0.15, 0.2) is 46.9 Å². The van der Waals surface area contributed by atoms with E-state index in [2.05, 4.69) is 15.9 Å². The number of ether oxygens (including phenoxy) is 1. The molecule has 108 valence electrons. The summed E-state index contributed by atoms with van der Waals surface area (Å²) in [7, 11) is 0. The lowest BCUT2D eigenvalue weighted by Gasteiger charge is -2.10. The van der Waals surface area contributed by atoms with Crippen LogP contribution >= 0.6 is 39.1 Å². The zero-order valence-electron chi connectivity index (χ0n) is 10.5. The van der Waals surface area contributed by atoms with Gasteiger partial charge < -0.3 is 9.84 Å². The minimum absolute atomic E-state index is 0.407. The number of carboxylic acids is 1. The molecule has 0 aliphatic heterocycles. The molecule has 0 fully saturated rings. The molecule has 2 rings (SSSR count). The lowest BCUT2D eigenvalue weighted by molar-refractivity contribution is -0.131. The zero-order valence-corrected chi connectivity index (χ0v) is 13.6. The van der Waals surface area contributed by atoms with E-state index in [0.29, 0.717) is 26.0 Å². The van der Waals surface area contributed by atoms with E-state index in [9.17, 15) is 4.79 Å². The molecule has 0 amide bonds. The molecule has 3 nitrogen and oxygen atoms in total. The number of carbonyl (C=O) groups is 1. The van der Waals surface area contributed by atoms with Gasteiger partial charge in [-0.25, -0.2) is 4.79 Å². The van der Waals surface area contributed by atoms with Gasteiger partial charge in [0, 0.05) is 11.1 Å². The molecule has 0 saturated carbocycles.